The standard InChI is InChI=1S/C25H42N2O4/c1-27(17-19-29-2)16-8-3-4-9-18-30-24-14-12-22(13-15-24)20-26-25(28)31-21-23-10-6-5-7-11-23/h5-7,10-11,22,24H,3-4,8-9,12-21H2,1-2H3,(H,26,28). The fourth-order valence-electron chi connectivity index (χ4n) is 3.95. The Bertz CT molecular complexity index is 576. The van der Waals surface area contributed by atoms with Gasteiger partial charge < -0.3 is 24.4 Å². The van der Waals surface area contributed by atoms with Crippen LogP contribution in [0.5, 0.6) is 0 Å². The van der Waals surface area contributed by atoms with Gasteiger partial charge in [-0.05, 0) is 63.6 Å². The fraction of sp³-hybridized carbons (Fsp3) is 0.720. The molecule has 176 valence electrons. The number of carbonyl (C=O) groups excluding carboxylic acids is 1. The fourth-order valence-corrected chi connectivity index (χ4v) is 3.95. The van der Waals surface area contributed by atoms with E-state index >= 15 is 0 Å². The zero-order valence-corrected chi connectivity index (χ0v) is 19.5. The summed E-state index contributed by atoms with van der Waals surface area (Å²) in [6.45, 7) is 4.84. The monoisotopic (exact) mass is 434 g/mol. The van der Waals surface area contributed by atoms with Crippen LogP contribution < -0.4 is 5.32 Å². The molecule has 0 unspecified atom stereocenters. The van der Waals surface area contributed by atoms with E-state index in [4.69, 9.17) is 14.2 Å². The number of likely N-dealkylation sites (N-methyl/N-ethyl adjacent to an activating group) is 1. The minimum absolute atomic E-state index is 0.317. The van der Waals surface area contributed by atoms with E-state index in [1.165, 1.54) is 19.3 Å². The Morgan fingerprint density at radius 1 is 1.00 bits per heavy atom. The third-order valence-electron chi connectivity index (χ3n) is 6.01. The average molecular weight is 435 g/mol. The summed E-state index contributed by atoms with van der Waals surface area (Å²) >= 11 is 0. The molecular weight excluding hydrogens is 392 g/mol. The highest BCUT2D eigenvalue weighted by molar-refractivity contribution is 5.67. The summed E-state index contributed by atoms with van der Waals surface area (Å²) in [6.07, 6.45) is 9.36. The molecular formula is C25H42N2O4. The van der Waals surface area contributed by atoms with E-state index in [1.807, 2.05) is 30.3 Å². The number of amides is 1. The van der Waals surface area contributed by atoms with Crippen molar-refractivity contribution in [3.63, 3.8) is 0 Å². The maximum atomic E-state index is 11.9. The lowest BCUT2D eigenvalue weighted by Crippen LogP contribution is -2.33. The summed E-state index contributed by atoms with van der Waals surface area (Å²) in [5, 5.41) is 2.92. The number of methoxy groups -OCH3 is 1. The molecule has 1 N–H and O–H groups in total. The molecule has 0 aliphatic heterocycles. The van der Waals surface area contributed by atoms with Crippen molar-refractivity contribution in [1.82, 2.24) is 10.2 Å². The highest BCUT2D eigenvalue weighted by Gasteiger charge is 2.22. The van der Waals surface area contributed by atoms with Crippen LogP contribution in [0, 0.1) is 5.92 Å². The van der Waals surface area contributed by atoms with Gasteiger partial charge in [0.05, 0.1) is 12.7 Å². The van der Waals surface area contributed by atoms with E-state index in [-0.39, 0.29) is 6.09 Å². The Kier molecular flexibility index (Phi) is 13.3. The lowest BCUT2D eigenvalue weighted by atomic mass is 9.87. The lowest BCUT2D eigenvalue weighted by Gasteiger charge is -2.28. The van der Waals surface area contributed by atoms with E-state index in [0.29, 0.717) is 25.2 Å². The normalized spacial score (nSPS) is 18.8. The Morgan fingerprint density at radius 2 is 1.74 bits per heavy atom. The zero-order valence-electron chi connectivity index (χ0n) is 19.5. The number of hydrogen-bond donors (Lipinski definition) is 1. The number of ether oxygens (including phenoxy) is 3. The van der Waals surface area contributed by atoms with Crippen molar-refractivity contribution in [2.24, 2.45) is 5.92 Å². The van der Waals surface area contributed by atoms with Gasteiger partial charge in [-0.3, -0.25) is 0 Å². The summed E-state index contributed by atoms with van der Waals surface area (Å²) < 4.78 is 16.5. The SMILES string of the molecule is COCCN(C)CCCCCCOC1CCC(CNC(=O)OCc2ccccc2)CC1. The number of benzene rings is 1. The van der Waals surface area contributed by atoms with E-state index < -0.39 is 0 Å². The first-order valence-corrected chi connectivity index (χ1v) is 11.9. The van der Waals surface area contributed by atoms with Crippen molar-refractivity contribution in [3.05, 3.63) is 35.9 Å². The van der Waals surface area contributed by atoms with Crippen molar-refractivity contribution >= 4 is 6.09 Å². The van der Waals surface area contributed by atoms with Crippen LogP contribution in [-0.2, 0) is 20.8 Å². The van der Waals surface area contributed by atoms with Gasteiger partial charge in [0.1, 0.15) is 6.61 Å². The molecule has 0 saturated heterocycles. The second-order valence-corrected chi connectivity index (χ2v) is 8.67. The maximum Gasteiger partial charge on any atom is 0.407 e. The second-order valence-electron chi connectivity index (χ2n) is 8.67. The first-order valence-electron chi connectivity index (χ1n) is 11.9. The van der Waals surface area contributed by atoms with E-state index in [1.54, 1.807) is 7.11 Å². The predicted octanol–water partition coefficient (Wildman–Crippen LogP) is 4.63. The van der Waals surface area contributed by atoms with Gasteiger partial charge >= 0.3 is 6.09 Å². The molecule has 1 fully saturated rings. The molecule has 0 bridgehead atoms. The van der Waals surface area contributed by atoms with Crippen LogP contribution in [0.1, 0.15) is 56.9 Å². The summed E-state index contributed by atoms with van der Waals surface area (Å²) in [4.78, 5) is 14.2. The lowest BCUT2D eigenvalue weighted by molar-refractivity contribution is 0.0161. The number of alkyl carbamates (subject to hydrolysis) is 1. The van der Waals surface area contributed by atoms with Crippen molar-refractivity contribution < 1.29 is 19.0 Å². The van der Waals surface area contributed by atoms with Gasteiger partial charge in [0.25, 0.3) is 0 Å². The Labute approximate surface area is 188 Å². The third kappa shape index (κ3) is 12.1. The molecule has 1 amide bonds. The van der Waals surface area contributed by atoms with E-state index in [0.717, 1.165) is 64.0 Å². The van der Waals surface area contributed by atoms with Gasteiger partial charge in [-0.2, -0.15) is 0 Å². The topological polar surface area (TPSA) is 60.0 Å². The Balaban J connectivity index is 1.41. The Hall–Kier alpha value is -1.63. The van der Waals surface area contributed by atoms with Crippen LogP contribution in [0.4, 0.5) is 4.79 Å². The van der Waals surface area contributed by atoms with Gasteiger partial charge in [-0.25, -0.2) is 4.79 Å². The minimum atomic E-state index is -0.327. The van der Waals surface area contributed by atoms with Crippen LogP contribution in [0.2, 0.25) is 0 Å². The van der Waals surface area contributed by atoms with Crippen molar-refractivity contribution in [2.75, 3.05) is 47.0 Å². The second kappa shape index (κ2) is 16.1. The first-order chi connectivity index (χ1) is 15.2. The molecule has 1 saturated carbocycles. The Morgan fingerprint density at radius 3 is 2.48 bits per heavy atom. The highest BCUT2D eigenvalue weighted by atomic mass is 16.5. The number of hydrogen-bond acceptors (Lipinski definition) is 5. The molecule has 0 atom stereocenters. The molecule has 0 radical (unpaired) electrons. The molecule has 1 aromatic rings. The van der Waals surface area contributed by atoms with Crippen LogP contribution >= 0.6 is 0 Å². The number of nitrogens with zero attached hydrogens (tertiary/aromatic N) is 1. The highest BCUT2D eigenvalue weighted by Crippen LogP contribution is 2.26. The molecule has 1 aromatic carbocycles. The summed E-state index contributed by atoms with van der Waals surface area (Å²) in [5.74, 6) is 0.527. The van der Waals surface area contributed by atoms with Crippen molar-refractivity contribution in [1.29, 1.82) is 0 Å². The van der Waals surface area contributed by atoms with Crippen molar-refractivity contribution in [2.45, 2.75) is 64.1 Å². The van der Waals surface area contributed by atoms with Crippen LogP contribution in [0.25, 0.3) is 0 Å². The minimum Gasteiger partial charge on any atom is -0.445 e. The van der Waals surface area contributed by atoms with Crippen LogP contribution in [0.15, 0.2) is 30.3 Å². The summed E-state index contributed by atoms with van der Waals surface area (Å²) in [7, 11) is 3.91. The number of nitrogens with one attached hydrogen (secondary N) is 1. The van der Waals surface area contributed by atoms with Crippen molar-refractivity contribution in [3.8, 4) is 0 Å². The van der Waals surface area contributed by atoms with Crippen LogP contribution in [0.3, 0.4) is 0 Å². The summed E-state index contributed by atoms with van der Waals surface area (Å²) in [5.41, 5.74) is 1.00. The van der Waals surface area contributed by atoms with Gasteiger partial charge in [0.15, 0.2) is 0 Å². The van der Waals surface area contributed by atoms with Gasteiger partial charge in [0, 0.05) is 26.8 Å². The molecule has 0 aromatic heterocycles. The summed E-state index contributed by atoms with van der Waals surface area (Å²) in [6, 6.07) is 9.76. The number of carbonyl (C=O) groups is 1. The van der Waals surface area contributed by atoms with Gasteiger partial charge in [0.2, 0.25) is 0 Å². The maximum absolute atomic E-state index is 11.9. The first kappa shape index (κ1) is 25.6. The molecule has 6 heteroatoms. The van der Waals surface area contributed by atoms with Crippen LogP contribution in [-0.4, -0.2) is 64.1 Å². The van der Waals surface area contributed by atoms with Gasteiger partial charge in [-0.15, -0.1) is 0 Å². The predicted molar refractivity (Wildman–Crippen MR) is 124 cm³/mol. The largest absolute Gasteiger partial charge is 0.445 e. The zero-order chi connectivity index (χ0) is 22.2. The quantitative estimate of drug-likeness (QED) is 0.408. The number of rotatable bonds is 15. The smallest absolute Gasteiger partial charge is 0.407 e. The molecule has 6 nitrogen and oxygen atoms in total. The average Bonchev–Trinajstić information content (AvgIpc) is 2.80. The molecule has 0 heterocycles. The molecule has 0 spiro atoms. The molecule has 1 aliphatic rings. The molecule has 31 heavy (non-hydrogen) atoms. The van der Waals surface area contributed by atoms with E-state index in [2.05, 4.69) is 17.3 Å². The molecule has 2 rings (SSSR count). The van der Waals surface area contributed by atoms with E-state index in [9.17, 15) is 4.79 Å². The molecule has 1 aliphatic carbocycles. The van der Waals surface area contributed by atoms with Gasteiger partial charge in [-0.1, -0.05) is 43.2 Å². The third-order valence-corrected chi connectivity index (χ3v) is 6.01. The number of unbranched alkanes of at least 4 members (excludes halogenated alkanes) is 3.